The molecule has 0 aromatic rings. The van der Waals surface area contributed by atoms with Crippen molar-refractivity contribution < 1.29 is 24.2 Å². The fraction of sp³-hybridized carbons (Fsp3) is 0.769. The van der Waals surface area contributed by atoms with Crippen LogP contribution in [-0.2, 0) is 19.1 Å². The van der Waals surface area contributed by atoms with Gasteiger partial charge in [0, 0.05) is 12.3 Å². The summed E-state index contributed by atoms with van der Waals surface area (Å²) in [5.74, 6) is -1.64. The summed E-state index contributed by atoms with van der Waals surface area (Å²) in [5.41, 5.74) is 0. The molecule has 0 spiro atoms. The Hall–Kier alpha value is -1.59. The molecule has 0 aromatic carbocycles. The van der Waals surface area contributed by atoms with Crippen LogP contribution >= 0.6 is 0 Å². The summed E-state index contributed by atoms with van der Waals surface area (Å²) in [4.78, 5) is 34.1. The van der Waals surface area contributed by atoms with Gasteiger partial charge >= 0.3 is 11.9 Å². The highest BCUT2D eigenvalue weighted by atomic mass is 16.5. The maximum atomic E-state index is 12.0. The molecule has 0 aromatic heterocycles. The van der Waals surface area contributed by atoms with E-state index in [9.17, 15) is 14.4 Å². The maximum Gasteiger partial charge on any atom is 0.326 e. The van der Waals surface area contributed by atoms with Crippen molar-refractivity contribution in [2.24, 2.45) is 11.8 Å². The first-order chi connectivity index (χ1) is 8.95. The van der Waals surface area contributed by atoms with Crippen molar-refractivity contribution in [1.29, 1.82) is 0 Å². The lowest BCUT2D eigenvalue weighted by atomic mass is 9.96. The lowest BCUT2D eigenvalue weighted by Crippen LogP contribution is -2.44. The molecule has 1 saturated carbocycles. The molecule has 108 valence electrons. The summed E-state index contributed by atoms with van der Waals surface area (Å²) in [7, 11) is 1.25. The highest BCUT2D eigenvalue weighted by Crippen LogP contribution is 2.31. The summed E-state index contributed by atoms with van der Waals surface area (Å²) in [6.45, 7) is 2.00. The molecule has 1 aliphatic carbocycles. The van der Waals surface area contributed by atoms with Gasteiger partial charge in [-0.2, -0.15) is 0 Å². The van der Waals surface area contributed by atoms with Crippen LogP contribution in [0.2, 0.25) is 0 Å². The fourth-order valence-electron chi connectivity index (χ4n) is 2.44. The summed E-state index contributed by atoms with van der Waals surface area (Å²) in [6, 6.07) is -1.03. The van der Waals surface area contributed by atoms with E-state index in [0.717, 1.165) is 19.3 Å². The number of methoxy groups -OCH3 is 1. The topological polar surface area (TPSA) is 92.7 Å². The van der Waals surface area contributed by atoms with E-state index in [2.05, 4.69) is 10.1 Å². The molecule has 6 nitrogen and oxygen atoms in total. The van der Waals surface area contributed by atoms with Crippen molar-refractivity contribution in [1.82, 2.24) is 5.32 Å². The standard InChI is InChI=1S/C13H21NO5/c1-8-4-3-5-9(8)12(16)14-10(13(17)18)6-7-11(15)19-2/h8-10H,3-7H2,1-2H3,(H,14,16)(H,17,18)/t8?,9?,10-/m1/s1. The number of aliphatic carboxylic acids is 1. The van der Waals surface area contributed by atoms with Crippen LogP contribution in [0, 0.1) is 11.8 Å². The van der Waals surface area contributed by atoms with Crippen LogP contribution in [0.3, 0.4) is 0 Å². The molecule has 2 unspecified atom stereocenters. The van der Waals surface area contributed by atoms with Crippen molar-refractivity contribution in [3.8, 4) is 0 Å². The van der Waals surface area contributed by atoms with E-state index in [-0.39, 0.29) is 30.6 Å². The highest BCUT2D eigenvalue weighted by molar-refractivity contribution is 5.85. The Labute approximate surface area is 112 Å². The molecular formula is C13H21NO5. The van der Waals surface area contributed by atoms with Gasteiger partial charge < -0.3 is 15.2 Å². The number of hydrogen-bond donors (Lipinski definition) is 2. The van der Waals surface area contributed by atoms with E-state index in [0.29, 0.717) is 0 Å². The molecule has 6 heteroatoms. The minimum absolute atomic E-state index is 0.0199. The summed E-state index contributed by atoms with van der Waals surface area (Å²) >= 11 is 0. The lowest BCUT2D eigenvalue weighted by Gasteiger charge is -2.19. The van der Waals surface area contributed by atoms with Gasteiger partial charge in [-0.15, -0.1) is 0 Å². The second kappa shape index (κ2) is 7.11. The predicted octanol–water partition coefficient (Wildman–Crippen LogP) is 0.945. The van der Waals surface area contributed by atoms with Crippen LogP contribution in [0.25, 0.3) is 0 Å². The molecular weight excluding hydrogens is 250 g/mol. The molecule has 1 fully saturated rings. The van der Waals surface area contributed by atoms with E-state index in [1.165, 1.54) is 7.11 Å². The lowest BCUT2D eigenvalue weighted by molar-refractivity contribution is -0.144. The SMILES string of the molecule is COC(=O)CC[C@@H](NC(=O)C1CCCC1C)C(=O)O. The zero-order valence-corrected chi connectivity index (χ0v) is 11.3. The fourth-order valence-corrected chi connectivity index (χ4v) is 2.44. The van der Waals surface area contributed by atoms with Crippen LogP contribution in [0.4, 0.5) is 0 Å². The number of carboxylic acid groups (broad SMARTS) is 1. The second-order valence-electron chi connectivity index (χ2n) is 5.03. The number of rotatable bonds is 6. The van der Waals surface area contributed by atoms with Gasteiger partial charge in [-0.1, -0.05) is 13.3 Å². The van der Waals surface area contributed by atoms with E-state index in [1.807, 2.05) is 6.92 Å². The van der Waals surface area contributed by atoms with Crippen molar-refractivity contribution in [3.05, 3.63) is 0 Å². The quantitative estimate of drug-likeness (QED) is 0.701. The van der Waals surface area contributed by atoms with Crippen LogP contribution < -0.4 is 5.32 Å². The monoisotopic (exact) mass is 271 g/mol. The van der Waals surface area contributed by atoms with Gasteiger partial charge in [0.1, 0.15) is 6.04 Å². The van der Waals surface area contributed by atoms with Gasteiger partial charge in [0.25, 0.3) is 0 Å². The first-order valence-corrected chi connectivity index (χ1v) is 6.55. The number of carboxylic acids is 1. The Kier molecular flexibility index (Phi) is 5.79. The van der Waals surface area contributed by atoms with E-state index in [1.54, 1.807) is 0 Å². The van der Waals surface area contributed by atoms with Gasteiger partial charge in [0.15, 0.2) is 0 Å². The number of amides is 1. The van der Waals surface area contributed by atoms with Crippen molar-refractivity contribution in [3.63, 3.8) is 0 Å². The van der Waals surface area contributed by atoms with E-state index < -0.39 is 18.0 Å². The third kappa shape index (κ3) is 4.54. The van der Waals surface area contributed by atoms with E-state index in [4.69, 9.17) is 5.11 Å². The molecule has 1 aliphatic rings. The summed E-state index contributed by atoms with van der Waals surface area (Å²) in [6.07, 6.45) is 2.83. The Morgan fingerprint density at radius 2 is 2.05 bits per heavy atom. The molecule has 1 rings (SSSR count). The largest absolute Gasteiger partial charge is 0.480 e. The molecule has 0 heterocycles. The smallest absolute Gasteiger partial charge is 0.326 e. The normalized spacial score (nSPS) is 23.7. The third-order valence-corrected chi connectivity index (χ3v) is 3.68. The van der Waals surface area contributed by atoms with Crippen molar-refractivity contribution >= 4 is 17.8 Å². The molecule has 0 aliphatic heterocycles. The Morgan fingerprint density at radius 3 is 2.53 bits per heavy atom. The number of hydrogen-bond acceptors (Lipinski definition) is 4. The molecule has 19 heavy (non-hydrogen) atoms. The van der Waals surface area contributed by atoms with Crippen molar-refractivity contribution in [2.45, 2.75) is 45.1 Å². The van der Waals surface area contributed by atoms with Gasteiger partial charge in [-0.3, -0.25) is 9.59 Å². The highest BCUT2D eigenvalue weighted by Gasteiger charge is 2.32. The number of esters is 1. The van der Waals surface area contributed by atoms with Crippen molar-refractivity contribution in [2.75, 3.05) is 7.11 Å². The zero-order valence-electron chi connectivity index (χ0n) is 11.3. The van der Waals surface area contributed by atoms with Gasteiger partial charge in [0.2, 0.25) is 5.91 Å². The van der Waals surface area contributed by atoms with E-state index >= 15 is 0 Å². The average Bonchev–Trinajstić information content (AvgIpc) is 2.79. The van der Waals surface area contributed by atoms with Crippen LogP contribution in [-0.4, -0.2) is 36.1 Å². The first kappa shape index (κ1) is 15.5. The summed E-state index contributed by atoms with van der Waals surface area (Å²) < 4.78 is 4.46. The molecule has 0 saturated heterocycles. The minimum atomic E-state index is -1.12. The number of nitrogens with one attached hydrogen (secondary N) is 1. The Balaban J connectivity index is 2.51. The molecule has 1 amide bonds. The average molecular weight is 271 g/mol. The van der Waals surface area contributed by atoms with Crippen LogP contribution in [0.5, 0.6) is 0 Å². The second-order valence-corrected chi connectivity index (χ2v) is 5.03. The Bertz CT molecular complexity index is 355. The molecule has 2 N–H and O–H groups in total. The molecule has 0 radical (unpaired) electrons. The van der Waals surface area contributed by atoms with Crippen LogP contribution in [0.1, 0.15) is 39.0 Å². The maximum absolute atomic E-state index is 12.0. The van der Waals surface area contributed by atoms with Gasteiger partial charge in [-0.25, -0.2) is 4.79 Å². The molecule has 3 atom stereocenters. The number of carbonyl (C=O) groups excluding carboxylic acids is 2. The predicted molar refractivity (Wildman–Crippen MR) is 67.3 cm³/mol. The number of carbonyl (C=O) groups is 3. The minimum Gasteiger partial charge on any atom is -0.480 e. The summed E-state index contributed by atoms with van der Waals surface area (Å²) in [5, 5.41) is 11.6. The third-order valence-electron chi connectivity index (χ3n) is 3.68. The van der Waals surface area contributed by atoms with Crippen LogP contribution in [0.15, 0.2) is 0 Å². The van der Waals surface area contributed by atoms with Gasteiger partial charge in [-0.05, 0) is 25.2 Å². The first-order valence-electron chi connectivity index (χ1n) is 6.55. The van der Waals surface area contributed by atoms with Gasteiger partial charge in [0.05, 0.1) is 7.11 Å². The Morgan fingerprint density at radius 1 is 1.37 bits per heavy atom. The molecule has 0 bridgehead atoms. The number of ether oxygens (including phenoxy) is 1. The zero-order chi connectivity index (χ0) is 14.4.